The van der Waals surface area contributed by atoms with E-state index in [4.69, 9.17) is 10.5 Å². The van der Waals surface area contributed by atoms with Gasteiger partial charge in [-0.15, -0.1) is 0 Å². The largest absolute Gasteiger partial charge is 0.496 e. The SMILES string of the molecule is COc1ccc(C#CCN)cc1CN1CC(=O)NC(=O)C1. The van der Waals surface area contributed by atoms with Crippen molar-refractivity contribution >= 4 is 11.8 Å². The molecule has 2 rings (SSSR count). The van der Waals surface area contributed by atoms with Crippen LogP contribution in [0.1, 0.15) is 11.1 Å². The molecule has 1 saturated heterocycles. The molecule has 2 amide bonds. The van der Waals surface area contributed by atoms with Crippen molar-refractivity contribution in [2.24, 2.45) is 5.73 Å². The molecule has 110 valence electrons. The van der Waals surface area contributed by atoms with Crippen LogP contribution in [0.4, 0.5) is 0 Å². The topological polar surface area (TPSA) is 84.7 Å². The van der Waals surface area contributed by atoms with Gasteiger partial charge in [-0.3, -0.25) is 19.8 Å². The second kappa shape index (κ2) is 6.88. The van der Waals surface area contributed by atoms with Crippen LogP contribution in [0.2, 0.25) is 0 Å². The minimum atomic E-state index is -0.288. The Morgan fingerprint density at radius 3 is 2.67 bits per heavy atom. The lowest BCUT2D eigenvalue weighted by Gasteiger charge is -2.25. The average Bonchev–Trinajstić information content (AvgIpc) is 2.44. The standard InChI is InChI=1S/C15H17N3O3/c1-21-13-5-4-11(3-2-6-16)7-12(13)8-18-9-14(19)17-15(20)10-18/h4-5,7H,6,8-10,16H2,1H3,(H,17,19,20). The van der Waals surface area contributed by atoms with Crippen molar-refractivity contribution in [1.29, 1.82) is 0 Å². The van der Waals surface area contributed by atoms with Crippen LogP contribution in [0.3, 0.4) is 0 Å². The summed E-state index contributed by atoms with van der Waals surface area (Å²) in [6, 6.07) is 5.55. The van der Waals surface area contributed by atoms with Gasteiger partial charge in [-0.25, -0.2) is 0 Å². The molecule has 1 aromatic rings. The van der Waals surface area contributed by atoms with Gasteiger partial charge >= 0.3 is 0 Å². The monoisotopic (exact) mass is 287 g/mol. The number of nitrogens with two attached hydrogens (primary N) is 1. The summed E-state index contributed by atoms with van der Waals surface area (Å²) >= 11 is 0. The van der Waals surface area contributed by atoms with Crippen LogP contribution >= 0.6 is 0 Å². The van der Waals surface area contributed by atoms with Gasteiger partial charge in [0.15, 0.2) is 0 Å². The van der Waals surface area contributed by atoms with Crippen molar-refractivity contribution in [1.82, 2.24) is 10.2 Å². The molecule has 0 spiro atoms. The first-order chi connectivity index (χ1) is 10.1. The number of ether oxygens (including phenoxy) is 1. The third-order valence-electron chi connectivity index (χ3n) is 3.02. The minimum Gasteiger partial charge on any atom is -0.496 e. The van der Waals surface area contributed by atoms with Crippen LogP contribution in [0.25, 0.3) is 0 Å². The van der Waals surface area contributed by atoms with Gasteiger partial charge in [-0.2, -0.15) is 0 Å². The number of amides is 2. The Kier molecular flexibility index (Phi) is 4.93. The van der Waals surface area contributed by atoms with Gasteiger partial charge in [0.2, 0.25) is 11.8 Å². The molecule has 1 aliphatic rings. The molecular weight excluding hydrogens is 270 g/mol. The van der Waals surface area contributed by atoms with E-state index in [2.05, 4.69) is 17.2 Å². The molecule has 1 aliphatic heterocycles. The maximum Gasteiger partial charge on any atom is 0.240 e. The first-order valence-corrected chi connectivity index (χ1v) is 6.53. The summed E-state index contributed by atoms with van der Waals surface area (Å²) in [4.78, 5) is 24.6. The van der Waals surface area contributed by atoms with Crippen molar-refractivity contribution in [3.05, 3.63) is 29.3 Å². The highest BCUT2D eigenvalue weighted by atomic mass is 16.5. The molecule has 0 aliphatic carbocycles. The van der Waals surface area contributed by atoms with Crippen LogP contribution < -0.4 is 15.8 Å². The van der Waals surface area contributed by atoms with Crippen LogP contribution in [0.5, 0.6) is 5.75 Å². The third-order valence-corrected chi connectivity index (χ3v) is 3.02. The zero-order chi connectivity index (χ0) is 15.2. The van der Waals surface area contributed by atoms with E-state index in [0.717, 1.165) is 11.1 Å². The summed E-state index contributed by atoms with van der Waals surface area (Å²) in [5.74, 6) is 5.87. The number of nitrogens with zero attached hydrogens (tertiary/aromatic N) is 1. The molecule has 21 heavy (non-hydrogen) atoms. The molecule has 0 unspecified atom stereocenters. The number of benzene rings is 1. The quantitative estimate of drug-likeness (QED) is 0.576. The van der Waals surface area contributed by atoms with Crippen LogP contribution in [-0.2, 0) is 16.1 Å². The Bertz CT molecular complexity index is 600. The van der Waals surface area contributed by atoms with Crippen molar-refractivity contribution < 1.29 is 14.3 Å². The Balaban J connectivity index is 2.20. The van der Waals surface area contributed by atoms with Crippen LogP contribution in [0, 0.1) is 11.8 Å². The summed E-state index contributed by atoms with van der Waals surface area (Å²) in [7, 11) is 1.58. The minimum absolute atomic E-state index is 0.188. The van der Waals surface area contributed by atoms with E-state index in [9.17, 15) is 9.59 Å². The Morgan fingerprint density at radius 2 is 2.05 bits per heavy atom. The number of nitrogens with one attached hydrogen (secondary N) is 1. The highest BCUT2D eigenvalue weighted by Crippen LogP contribution is 2.21. The van der Waals surface area contributed by atoms with Crippen molar-refractivity contribution in [3.63, 3.8) is 0 Å². The fourth-order valence-electron chi connectivity index (χ4n) is 2.18. The fourth-order valence-corrected chi connectivity index (χ4v) is 2.18. The number of imide groups is 1. The van der Waals surface area contributed by atoms with Gasteiger partial charge in [0.1, 0.15) is 5.75 Å². The van der Waals surface area contributed by atoms with Crippen molar-refractivity contribution in [3.8, 4) is 17.6 Å². The van der Waals surface area contributed by atoms with Crippen LogP contribution in [-0.4, -0.2) is 43.5 Å². The lowest BCUT2D eigenvalue weighted by Crippen LogP contribution is -2.50. The molecule has 0 atom stereocenters. The zero-order valence-corrected chi connectivity index (χ0v) is 11.8. The maximum absolute atomic E-state index is 11.4. The van der Waals surface area contributed by atoms with E-state index >= 15 is 0 Å². The first kappa shape index (κ1) is 15.0. The van der Waals surface area contributed by atoms with Gasteiger partial charge < -0.3 is 10.5 Å². The molecular formula is C15H17N3O3. The summed E-state index contributed by atoms with van der Waals surface area (Å²) in [5.41, 5.74) is 7.06. The second-order valence-electron chi connectivity index (χ2n) is 4.65. The van der Waals surface area contributed by atoms with Crippen molar-refractivity contribution in [2.75, 3.05) is 26.7 Å². The predicted octanol–water partition coefficient (Wildman–Crippen LogP) is -0.536. The van der Waals surface area contributed by atoms with Gasteiger partial charge in [0.05, 0.1) is 26.7 Å². The van der Waals surface area contributed by atoms with Gasteiger partial charge in [0, 0.05) is 17.7 Å². The van der Waals surface area contributed by atoms with Crippen molar-refractivity contribution in [2.45, 2.75) is 6.54 Å². The average molecular weight is 287 g/mol. The number of hydrogen-bond donors (Lipinski definition) is 2. The van der Waals surface area contributed by atoms with E-state index in [1.807, 2.05) is 18.2 Å². The normalized spacial score (nSPS) is 15.1. The summed E-state index contributed by atoms with van der Waals surface area (Å²) < 4.78 is 5.31. The number of rotatable bonds is 3. The molecule has 1 aromatic carbocycles. The van der Waals surface area contributed by atoms with Gasteiger partial charge in [-0.1, -0.05) is 11.8 Å². The Morgan fingerprint density at radius 1 is 1.33 bits per heavy atom. The third kappa shape index (κ3) is 4.05. The molecule has 3 N–H and O–H groups in total. The molecule has 0 aromatic heterocycles. The number of carbonyl (C=O) groups is 2. The van der Waals surface area contributed by atoms with E-state index < -0.39 is 0 Å². The number of piperazine rings is 1. The first-order valence-electron chi connectivity index (χ1n) is 6.53. The second-order valence-corrected chi connectivity index (χ2v) is 4.65. The number of hydrogen-bond acceptors (Lipinski definition) is 5. The summed E-state index contributed by atoms with van der Waals surface area (Å²) in [6.07, 6.45) is 0. The highest BCUT2D eigenvalue weighted by molar-refractivity contribution is 5.99. The van der Waals surface area contributed by atoms with Gasteiger partial charge in [-0.05, 0) is 18.2 Å². The molecule has 6 heteroatoms. The van der Waals surface area contributed by atoms with E-state index in [1.54, 1.807) is 12.0 Å². The molecule has 0 saturated carbocycles. The number of carbonyl (C=O) groups excluding carboxylic acids is 2. The molecule has 6 nitrogen and oxygen atoms in total. The fraction of sp³-hybridized carbons (Fsp3) is 0.333. The summed E-state index contributed by atoms with van der Waals surface area (Å²) in [5, 5.41) is 2.28. The van der Waals surface area contributed by atoms with Crippen LogP contribution in [0.15, 0.2) is 18.2 Å². The maximum atomic E-state index is 11.4. The zero-order valence-electron chi connectivity index (χ0n) is 11.8. The molecule has 1 heterocycles. The molecule has 1 fully saturated rings. The molecule has 0 bridgehead atoms. The Hall–Kier alpha value is -2.36. The van der Waals surface area contributed by atoms with Gasteiger partial charge in [0.25, 0.3) is 0 Å². The predicted molar refractivity (Wildman–Crippen MR) is 77.4 cm³/mol. The lowest BCUT2D eigenvalue weighted by atomic mass is 10.1. The smallest absolute Gasteiger partial charge is 0.240 e. The van der Waals surface area contributed by atoms with E-state index in [0.29, 0.717) is 18.8 Å². The Labute approximate surface area is 123 Å². The lowest BCUT2D eigenvalue weighted by molar-refractivity contribution is -0.136. The highest BCUT2D eigenvalue weighted by Gasteiger charge is 2.23. The number of methoxy groups -OCH3 is 1. The summed E-state index contributed by atoms with van der Waals surface area (Å²) in [6.45, 7) is 1.11. The van der Waals surface area contributed by atoms with E-state index in [1.165, 1.54) is 0 Å². The van der Waals surface area contributed by atoms with E-state index in [-0.39, 0.29) is 24.9 Å². The molecule has 0 radical (unpaired) electrons.